The lowest BCUT2D eigenvalue weighted by Gasteiger charge is -2.15. The lowest BCUT2D eigenvalue weighted by Crippen LogP contribution is -2.16. The molecule has 0 atom stereocenters. The lowest BCUT2D eigenvalue weighted by molar-refractivity contribution is 0.102. The molecular weight excluding hydrogens is 326 g/mol. The number of nitrogens with one attached hydrogen (secondary N) is 1. The van der Waals surface area contributed by atoms with Gasteiger partial charge in [0, 0.05) is 0 Å². The molecule has 0 saturated heterocycles. The average Bonchev–Trinajstić information content (AvgIpc) is 2.64. The van der Waals surface area contributed by atoms with E-state index in [0.717, 1.165) is 0 Å². The summed E-state index contributed by atoms with van der Waals surface area (Å²) in [7, 11) is 0. The zero-order chi connectivity index (χ0) is 18.4. The van der Waals surface area contributed by atoms with E-state index in [1.165, 1.54) is 0 Å². The molecule has 0 saturated carbocycles. The monoisotopic (exact) mass is 347 g/mol. The molecule has 0 heterocycles. The van der Waals surface area contributed by atoms with Crippen LogP contribution in [0.5, 0.6) is 17.2 Å². The van der Waals surface area contributed by atoms with E-state index in [1.54, 1.807) is 12.1 Å². The van der Waals surface area contributed by atoms with Gasteiger partial charge in [-0.1, -0.05) is 42.5 Å². The van der Waals surface area contributed by atoms with Gasteiger partial charge < -0.3 is 14.8 Å². The minimum atomic E-state index is -0.245. The number of ether oxygens (including phenoxy) is 2. The summed E-state index contributed by atoms with van der Waals surface area (Å²) in [5.41, 5.74) is 1.08. The summed E-state index contributed by atoms with van der Waals surface area (Å²) in [6.45, 7) is 3.86. The normalized spacial score (nSPS) is 10.4. The van der Waals surface area contributed by atoms with Crippen molar-refractivity contribution in [1.82, 2.24) is 0 Å². The van der Waals surface area contributed by atoms with Crippen molar-refractivity contribution in [3.8, 4) is 17.2 Å². The summed E-state index contributed by atoms with van der Waals surface area (Å²) < 4.78 is 11.6. The third-order valence-corrected chi connectivity index (χ3v) is 3.60. The van der Waals surface area contributed by atoms with E-state index >= 15 is 0 Å². The van der Waals surface area contributed by atoms with Crippen molar-refractivity contribution in [2.75, 3.05) is 5.32 Å². The smallest absolute Gasteiger partial charge is 0.259 e. The zero-order valence-corrected chi connectivity index (χ0v) is 14.8. The summed E-state index contributed by atoms with van der Waals surface area (Å²) in [6.07, 6.45) is -0.0161. The van der Waals surface area contributed by atoms with Gasteiger partial charge in [-0.2, -0.15) is 0 Å². The summed E-state index contributed by atoms with van der Waals surface area (Å²) in [4.78, 5) is 12.8. The number of rotatable bonds is 6. The van der Waals surface area contributed by atoms with E-state index in [9.17, 15) is 4.79 Å². The van der Waals surface area contributed by atoms with Gasteiger partial charge in [0.2, 0.25) is 0 Å². The van der Waals surface area contributed by atoms with Crippen LogP contribution in [0, 0.1) is 0 Å². The van der Waals surface area contributed by atoms with E-state index in [4.69, 9.17) is 9.47 Å². The van der Waals surface area contributed by atoms with E-state index in [1.807, 2.05) is 80.6 Å². The number of hydrogen-bond acceptors (Lipinski definition) is 3. The molecule has 3 rings (SSSR count). The topological polar surface area (TPSA) is 47.6 Å². The predicted molar refractivity (Wildman–Crippen MR) is 103 cm³/mol. The standard InChI is InChI=1S/C22H21NO3/c1-16(2)25-20-14-8-6-12-18(20)22(24)23-19-13-7-9-15-21(19)26-17-10-4-3-5-11-17/h3-16H,1-2H3,(H,23,24). The molecule has 1 amide bonds. The summed E-state index contributed by atoms with van der Waals surface area (Å²) in [5, 5.41) is 2.92. The molecule has 3 aromatic rings. The third kappa shape index (κ3) is 4.42. The van der Waals surface area contributed by atoms with E-state index < -0.39 is 0 Å². The molecular formula is C22H21NO3. The number of anilines is 1. The van der Waals surface area contributed by atoms with Gasteiger partial charge in [-0.3, -0.25) is 4.79 Å². The van der Waals surface area contributed by atoms with Crippen molar-refractivity contribution in [3.05, 3.63) is 84.4 Å². The molecule has 1 N–H and O–H groups in total. The second-order valence-electron chi connectivity index (χ2n) is 6.03. The number of amides is 1. The first-order valence-electron chi connectivity index (χ1n) is 8.52. The Morgan fingerprint density at radius 1 is 0.808 bits per heavy atom. The molecule has 0 spiro atoms. The predicted octanol–water partition coefficient (Wildman–Crippen LogP) is 5.52. The van der Waals surface area contributed by atoms with Crippen LogP contribution in [0.25, 0.3) is 0 Å². The zero-order valence-electron chi connectivity index (χ0n) is 14.8. The molecule has 0 aromatic heterocycles. The maximum atomic E-state index is 12.8. The van der Waals surface area contributed by atoms with Crippen molar-refractivity contribution < 1.29 is 14.3 Å². The van der Waals surface area contributed by atoms with Crippen LogP contribution in [-0.2, 0) is 0 Å². The molecule has 26 heavy (non-hydrogen) atoms. The Balaban J connectivity index is 1.83. The fourth-order valence-electron chi connectivity index (χ4n) is 2.47. The van der Waals surface area contributed by atoms with Crippen molar-refractivity contribution >= 4 is 11.6 Å². The van der Waals surface area contributed by atoms with Gasteiger partial charge in [-0.05, 0) is 50.2 Å². The maximum absolute atomic E-state index is 12.8. The van der Waals surface area contributed by atoms with Crippen LogP contribution in [-0.4, -0.2) is 12.0 Å². The molecule has 3 aromatic carbocycles. The molecule has 4 heteroatoms. The SMILES string of the molecule is CC(C)Oc1ccccc1C(=O)Nc1ccccc1Oc1ccccc1. The first-order valence-corrected chi connectivity index (χ1v) is 8.52. The third-order valence-electron chi connectivity index (χ3n) is 3.60. The Kier molecular flexibility index (Phi) is 5.54. The van der Waals surface area contributed by atoms with Crippen LogP contribution in [0.2, 0.25) is 0 Å². The van der Waals surface area contributed by atoms with Crippen LogP contribution in [0.15, 0.2) is 78.9 Å². The molecule has 132 valence electrons. The molecule has 0 aliphatic heterocycles. The minimum absolute atomic E-state index is 0.0161. The Morgan fingerprint density at radius 2 is 1.42 bits per heavy atom. The van der Waals surface area contributed by atoms with Gasteiger partial charge in [-0.15, -0.1) is 0 Å². The van der Waals surface area contributed by atoms with Crippen molar-refractivity contribution in [1.29, 1.82) is 0 Å². The maximum Gasteiger partial charge on any atom is 0.259 e. The van der Waals surface area contributed by atoms with Crippen molar-refractivity contribution in [2.45, 2.75) is 20.0 Å². The Bertz CT molecular complexity index is 875. The van der Waals surface area contributed by atoms with Gasteiger partial charge in [0.05, 0.1) is 17.4 Å². The van der Waals surface area contributed by atoms with E-state index in [0.29, 0.717) is 28.5 Å². The Hall–Kier alpha value is -3.27. The Labute approximate surface area is 153 Å². The number of carbonyl (C=O) groups is 1. The molecule has 4 nitrogen and oxygen atoms in total. The highest BCUT2D eigenvalue weighted by atomic mass is 16.5. The van der Waals surface area contributed by atoms with Crippen LogP contribution in [0.4, 0.5) is 5.69 Å². The summed E-state index contributed by atoms with van der Waals surface area (Å²) >= 11 is 0. The molecule has 0 bridgehead atoms. The summed E-state index contributed by atoms with van der Waals surface area (Å²) in [6, 6.07) is 24.0. The highest BCUT2D eigenvalue weighted by Crippen LogP contribution is 2.30. The number of hydrogen-bond donors (Lipinski definition) is 1. The minimum Gasteiger partial charge on any atom is -0.490 e. The Morgan fingerprint density at radius 3 is 2.15 bits per heavy atom. The molecule has 0 unspecified atom stereocenters. The molecule has 0 fully saturated rings. The van der Waals surface area contributed by atoms with Crippen molar-refractivity contribution in [2.24, 2.45) is 0 Å². The summed E-state index contributed by atoms with van der Waals surface area (Å²) in [5.74, 6) is 1.60. The largest absolute Gasteiger partial charge is 0.490 e. The van der Waals surface area contributed by atoms with E-state index in [-0.39, 0.29) is 12.0 Å². The van der Waals surface area contributed by atoms with Crippen LogP contribution < -0.4 is 14.8 Å². The second-order valence-corrected chi connectivity index (χ2v) is 6.03. The first kappa shape index (κ1) is 17.5. The highest BCUT2D eigenvalue weighted by Gasteiger charge is 2.15. The van der Waals surface area contributed by atoms with Gasteiger partial charge in [0.15, 0.2) is 5.75 Å². The first-order chi connectivity index (χ1) is 12.6. The lowest BCUT2D eigenvalue weighted by atomic mass is 10.1. The van der Waals surface area contributed by atoms with Gasteiger partial charge in [0.1, 0.15) is 11.5 Å². The highest BCUT2D eigenvalue weighted by molar-refractivity contribution is 6.06. The quantitative estimate of drug-likeness (QED) is 0.639. The van der Waals surface area contributed by atoms with Crippen LogP contribution >= 0.6 is 0 Å². The number of benzene rings is 3. The molecule has 0 aliphatic rings. The molecule has 0 aliphatic carbocycles. The second kappa shape index (κ2) is 8.21. The number of carbonyl (C=O) groups excluding carboxylic acids is 1. The van der Waals surface area contributed by atoms with Crippen molar-refractivity contribution in [3.63, 3.8) is 0 Å². The van der Waals surface area contributed by atoms with E-state index in [2.05, 4.69) is 5.32 Å². The fourth-order valence-corrected chi connectivity index (χ4v) is 2.47. The van der Waals surface area contributed by atoms with Gasteiger partial charge >= 0.3 is 0 Å². The van der Waals surface area contributed by atoms with Crippen LogP contribution in [0.3, 0.4) is 0 Å². The average molecular weight is 347 g/mol. The van der Waals surface area contributed by atoms with Gasteiger partial charge in [-0.25, -0.2) is 0 Å². The molecule has 0 radical (unpaired) electrons. The van der Waals surface area contributed by atoms with Gasteiger partial charge in [0.25, 0.3) is 5.91 Å². The van der Waals surface area contributed by atoms with Crippen LogP contribution in [0.1, 0.15) is 24.2 Å². The number of para-hydroxylation sites is 4. The fraction of sp³-hybridized carbons (Fsp3) is 0.136.